The molecule has 0 aliphatic rings. The molecule has 0 fully saturated rings. The lowest BCUT2D eigenvalue weighted by molar-refractivity contribution is 0.0950. The highest BCUT2D eigenvalue weighted by atomic mass is 16.2. The zero-order chi connectivity index (χ0) is 10.7. The maximum Gasteiger partial charge on any atom is 0.272 e. The Bertz CT molecular complexity index is 524. The maximum atomic E-state index is 11.3. The van der Waals surface area contributed by atoms with Crippen molar-refractivity contribution in [3.8, 4) is 0 Å². The van der Waals surface area contributed by atoms with Crippen molar-refractivity contribution in [2.75, 3.05) is 0 Å². The van der Waals surface area contributed by atoms with Crippen LogP contribution < -0.4 is 5.43 Å². The molecule has 0 saturated carbocycles. The van der Waals surface area contributed by atoms with Gasteiger partial charge in [0.1, 0.15) is 0 Å². The van der Waals surface area contributed by atoms with E-state index in [1.54, 1.807) is 30.6 Å². The molecule has 15 heavy (non-hydrogen) atoms. The number of rotatable bonds is 2. The normalized spacial score (nSPS) is 9.87. The van der Waals surface area contributed by atoms with Crippen molar-refractivity contribution in [3.63, 3.8) is 0 Å². The van der Waals surface area contributed by atoms with Gasteiger partial charge in [0.05, 0.1) is 0 Å². The summed E-state index contributed by atoms with van der Waals surface area (Å²) in [5.41, 5.74) is 9.07. The van der Waals surface area contributed by atoms with Gasteiger partial charge in [-0.25, -0.2) is 5.43 Å². The van der Waals surface area contributed by atoms with Crippen molar-refractivity contribution in [1.82, 2.24) is 10.4 Å². The van der Waals surface area contributed by atoms with Crippen LogP contribution in [0.4, 0.5) is 0 Å². The van der Waals surface area contributed by atoms with E-state index in [0.29, 0.717) is 5.56 Å². The molecule has 0 unspecified atom stereocenters. The van der Waals surface area contributed by atoms with Gasteiger partial charge in [-0.15, -0.1) is 0 Å². The molecule has 5 nitrogen and oxygen atoms in total. The second kappa shape index (κ2) is 3.83. The summed E-state index contributed by atoms with van der Waals surface area (Å²) in [5, 5.41) is 4.73. The number of hydrogen-bond acceptors (Lipinski definition) is 4. The summed E-state index contributed by atoms with van der Waals surface area (Å²) < 4.78 is 0. The van der Waals surface area contributed by atoms with Crippen LogP contribution in [0.25, 0.3) is 10.8 Å². The van der Waals surface area contributed by atoms with Gasteiger partial charge < -0.3 is 0 Å². The smallest absolute Gasteiger partial charge is 0.267 e. The van der Waals surface area contributed by atoms with Gasteiger partial charge in [0.25, 0.3) is 5.91 Å². The molecule has 0 spiro atoms. The molecule has 1 aromatic carbocycles. The van der Waals surface area contributed by atoms with Crippen LogP contribution >= 0.6 is 0 Å². The van der Waals surface area contributed by atoms with Crippen LogP contribution in [0.15, 0.2) is 41.9 Å². The average Bonchev–Trinajstić information content (AvgIpc) is 2.29. The van der Waals surface area contributed by atoms with E-state index in [9.17, 15) is 4.79 Å². The molecule has 5 heteroatoms. The Labute approximate surface area is 85.6 Å². The van der Waals surface area contributed by atoms with Gasteiger partial charge in [-0.1, -0.05) is 11.3 Å². The predicted octanol–water partition coefficient (Wildman–Crippen LogP) is 1.91. The Morgan fingerprint density at radius 3 is 3.00 bits per heavy atom. The van der Waals surface area contributed by atoms with Gasteiger partial charge in [0, 0.05) is 23.3 Å². The quantitative estimate of drug-likeness (QED) is 0.573. The molecule has 0 bridgehead atoms. The summed E-state index contributed by atoms with van der Waals surface area (Å²) in [5.74, 6) is -0.385. The van der Waals surface area contributed by atoms with Gasteiger partial charge in [-0.3, -0.25) is 9.78 Å². The molecule has 0 radical (unpaired) electrons. The lowest BCUT2D eigenvalue weighted by atomic mass is 10.1. The number of fused-ring (bicyclic) bond motifs is 1. The highest BCUT2D eigenvalue weighted by Gasteiger charge is 2.04. The van der Waals surface area contributed by atoms with Crippen LogP contribution in [0.2, 0.25) is 0 Å². The minimum Gasteiger partial charge on any atom is -0.267 e. The molecule has 0 aliphatic heterocycles. The number of amides is 1. The summed E-state index contributed by atoms with van der Waals surface area (Å²) in [7, 11) is 0. The third kappa shape index (κ3) is 1.80. The first-order chi connectivity index (χ1) is 7.31. The van der Waals surface area contributed by atoms with Gasteiger partial charge >= 0.3 is 0 Å². The van der Waals surface area contributed by atoms with E-state index >= 15 is 0 Å². The number of nitrogens with zero attached hydrogens (tertiary/aromatic N) is 2. The number of benzene rings is 1. The van der Waals surface area contributed by atoms with Crippen LogP contribution in [0.3, 0.4) is 0 Å². The lowest BCUT2D eigenvalue weighted by Gasteiger charge is -2.00. The second-order valence-corrected chi connectivity index (χ2v) is 2.99. The fourth-order valence-corrected chi connectivity index (χ4v) is 1.34. The molecule has 1 amide bonds. The molecule has 0 atom stereocenters. The monoisotopic (exact) mass is 200 g/mol. The van der Waals surface area contributed by atoms with Crippen LogP contribution in [0.1, 0.15) is 10.4 Å². The second-order valence-electron chi connectivity index (χ2n) is 2.99. The Hall–Kier alpha value is -2.30. The highest BCUT2D eigenvalue weighted by molar-refractivity contribution is 5.98. The topological polar surface area (TPSA) is 78.2 Å². The van der Waals surface area contributed by atoms with Crippen molar-refractivity contribution in [1.29, 1.82) is 5.53 Å². The highest BCUT2D eigenvalue weighted by Crippen LogP contribution is 2.14. The van der Waals surface area contributed by atoms with Crippen LogP contribution in [0, 0.1) is 5.53 Å². The number of pyridine rings is 1. The van der Waals surface area contributed by atoms with Gasteiger partial charge in [-0.05, 0) is 23.6 Å². The van der Waals surface area contributed by atoms with E-state index in [2.05, 4.69) is 15.6 Å². The Morgan fingerprint density at radius 2 is 2.20 bits per heavy atom. The van der Waals surface area contributed by atoms with E-state index in [-0.39, 0.29) is 5.91 Å². The molecule has 74 valence electrons. The Balaban J connectivity index is 2.46. The summed E-state index contributed by atoms with van der Waals surface area (Å²) in [6.07, 6.45) is 3.39. The standard InChI is InChI=1S/C10H8N4O/c11-14-13-10(15)8-1-2-9-6-12-4-3-7(9)5-8/h1-6H,(H2,11,13,15). The number of aromatic nitrogens is 1. The SMILES string of the molecule is N=NNC(=O)c1ccc2cnccc2c1. The predicted molar refractivity (Wildman–Crippen MR) is 54.4 cm³/mol. The molecule has 1 aromatic heterocycles. The molecule has 2 N–H and O–H groups in total. The van der Waals surface area contributed by atoms with Crippen molar-refractivity contribution in [3.05, 3.63) is 42.2 Å². The largest absolute Gasteiger partial charge is 0.272 e. The lowest BCUT2D eigenvalue weighted by Crippen LogP contribution is -2.16. The minimum absolute atomic E-state index is 0.385. The first-order valence-electron chi connectivity index (χ1n) is 4.32. The summed E-state index contributed by atoms with van der Waals surface area (Å²) in [6.45, 7) is 0. The summed E-state index contributed by atoms with van der Waals surface area (Å²) in [6, 6.07) is 7.03. The van der Waals surface area contributed by atoms with Gasteiger partial charge in [0.2, 0.25) is 0 Å². The van der Waals surface area contributed by atoms with Gasteiger partial charge in [-0.2, -0.15) is 5.53 Å². The number of carbonyl (C=O) groups excluding carboxylic acids is 1. The maximum absolute atomic E-state index is 11.3. The molecule has 1 heterocycles. The fraction of sp³-hybridized carbons (Fsp3) is 0. The molecular formula is C10H8N4O. The minimum atomic E-state index is -0.385. The van der Waals surface area contributed by atoms with Crippen molar-refractivity contribution < 1.29 is 4.79 Å². The molecule has 0 aliphatic carbocycles. The first kappa shape index (κ1) is 9.26. The summed E-state index contributed by atoms with van der Waals surface area (Å²) >= 11 is 0. The van der Waals surface area contributed by atoms with Crippen molar-refractivity contribution in [2.45, 2.75) is 0 Å². The van der Waals surface area contributed by atoms with Crippen LogP contribution in [-0.2, 0) is 0 Å². The molecule has 2 rings (SSSR count). The third-order valence-electron chi connectivity index (χ3n) is 2.06. The van der Waals surface area contributed by atoms with Crippen molar-refractivity contribution in [2.24, 2.45) is 5.22 Å². The zero-order valence-corrected chi connectivity index (χ0v) is 7.77. The van der Waals surface area contributed by atoms with Crippen LogP contribution in [0.5, 0.6) is 0 Å². The molecule has 2 aromatic rings. The number of hydrogen-bond donors (Lipinski definition) is 2. The zero-order valence-electron chi connectivity index (χ0n) is 7.77. The van der Waals surface area contributed by atoms with Gasteiger partial charge in [0.15, 0.2) is 0 Å². The number of nitrogens with one attached hydrogen (secondary N) is 2. The molecule has 0 saturated heterocycles. The van der Waals surface area contributed by atoms with E-state index < -0.39 is 0 Å². The summed E-state index contributed by atoms with van der Waals surface area (Å²) in [4.78, 5) is 15.3. The third-order valence-corrected chi connectivity index (χ3v) is 2.06. The number of carbonyl (C=O) groups is 1. The van der Waals surface area contributed by atoms with Crippen LogP contribution in [-0.4, -0.2) is 10.9 Å². The fourth-order valence-electron chi connectivity index (χ4n) is 1.34. The Kier molecular flexibility index (Phi) is 2.37. The van der Waals surface area contributed by atoms with Crippen molar-refractivity contribution >= 4 is 16.7 Å². The molecular weight excluding hydrogens is 192 g/mol. The van der Waals surface area contributed by atoms with E-state index in [1.165, 1.54) is 0 Å². The van der Waals surface area contributed by atoms with E-state index in [0.717, 1.165) is 10.8 Å². The Morgan fingerprint density at radius 1 is 1.33 bits per heavy atom. The van der Waals surface area contributed by atoms with E-state index in [1.807, 2.05) is 6.07 Å². The first-order valence-corrected chi connectivity index (χ1v) is 4.32. The average molecular weight is 200 g/mol. The van der Waals surface area contributed by atoms with E-state index in [4.69, 9.17) is 5.53 Å².